The fourth-order valence-electron chi connectivity index (χ4n) is 1.78. The predicted molar refractivity (Wildman–Crippen MR) is 64.4 cm³/mol. The summed E-state index contributed by atoms with van der Waals surface area (Å²) in [7, 11) is -4.23. The summed E-state index contributed by atoms with van der Waals surface area (Å²) in [6, 6.07) is 0. The molecule has 2 heterocycles. The molecule has 1 aliphatic rings. The van der Waals surface area contributed by atoms with Gasteiger partial charge in [-0.3, -0.25) is 9.32 Å². The van der Waals surface area contributed by atoms with Crippen LogP contribution in [-0.2, 0) is 13.8 Å². The minimum Gasteiger partial charge on any atom is -0.387 e. The number of amides is 1. The third-order valence-corrected chi connectivity index (χ3v) is 3.27. The van der Waals surface area contributed by atoms with Crippen molar-refractivity contribution in [2.45, 2.75) is 24.5 Å². The summed E-state index contributed by atoms with van der Waals surface area (Å²) < 4.78 is 21.5. The van der Waals surface area contributed by atoms with Crippen LogP contribution in [0.2, 0.25) is 0 Å². The Labute approximate surface area is 117 Å². The Morgan fingerprint density at radius 2 is 2.19 bits per heavy atom. The van der Waals surface area contributed by atoms with Crippen LogP contribution in [0, 0.1) is 0 Å². The smallest absolute Gasteiger partial charge is 0.387 e. The van der Waals surface area contributed by atoms with Crippen molar-refractivity contribution in [3.63, 3.8) is 0 Å². The Kier molecular flexibility index (Phi) is 4.39. The van der Waals surface area contributed by atoms with Crippen molar-refractivity contribution < 1.29 is 33.7 Å². The van der Waals surface area contributed by atoms with E-state index in [9.17, 15) is 19.6 Å². The van der Waals surface area contributed by atoms with Gasteiger partial charge < -0.3 is 25.6 Å². The minimum atomic E-state index is -4.23. The van der Waals surface area contributed by atoms with E-state index in [0.717, 1.165) is 11.0 Å². The maximum absolute atomic E-state index is 10.9. The van der Waals surface area contributed by atoms with Gasteiger partial charge in [-0.1, -0.05) is 0 Å². The fourth-order valence-corrected chi connectivity index (χ4v) is 2.14. The molecule has 0 aliphatic carbocycles. The van der Waals surface area contributed by atoms with E-state index in [4.69, 9.17) is 20.9 Å². The van der Waals surface area contributed by atoms with Gasteiger partial charge in [0, 0.05) is 0 Å². The van der Waals surface area contributed by atoms with Gasteiger partial charge in [0.15, 0.2) is 6.23 Å². The Morgan fingerprint density at radius 1 is 1.52 bits per heavy atom. The van der Waals surface area contributed by atoms with Gasteiger partial charge in [0.05, 0.1) is 6.61 Å². The molecule has 1 saturated heterocycles. The van der Waals surface area contributed by atoms with Gasteiger partial charge in [-0.05, 0) is 0 Å². The molecule has 0 radical (unpaired) electrons. The van der Waals surface area contributed by atoms with E-state index in [0.29, 0.717) is 0 Å². The Morgan fingerprint density at radius 3 is 2.71 bits per heavy atom. The second kappa shape index (κ2) is 5.77. The first-order chi connectivity index (χ1) is 9.69. The SMILES string of the molecule is NC(=O)c1ncn([C@@H]2O[C@H](COP(N)(=O)O)[C@@H](O)[C@H]2O)n1. The standard InChI is InChI=1S/C8H14N5O7P/c9-6(16)7-11-2-13(12-7)8-5(15)4(14)3(20-8)1-19-21(10,17)18/h2-5,8,14-15H,1H2,(H2,9,16)(H3,10,17,18)/t3-,4-,5-,8-/m1/s1. The molecule has 13 heteroatoms. The number of aromatic nitrogens is 3. The van der Waals surface area contributed by atoms with Gasteiger partial charge in [0.25, 0.3) is 5.91 Å². The van der Waals surface area contributed by atoms with Crippen molar-refractivity contribution in [1.29, 1.82) is 0 Å². The molecule has 118 valence electrons. The number of nitrogens with zero attached hydrogens (tertiary/aromatic N) is 3. The highest BCUT2D eigenvalue weighted by Gasteiger charge is 2.45. The van der Waals surface area contributed by atoms with Crippen LogP contribution in [0.4, 0.5) is 0 Å². The first-order valence-corrected chi connectivity index (χ1v) is 7.32. The second-order valence-corrected chi connectivity index (χ2v) is 5.71. The lowest BCUT2D eigenvalue weighted by atomic mass is 10.1. The average molecular weight is 323 g/mol. The largest absolute Gasteiger partial charge is 0.400 e. The minimum absolute atomic E-state index is 0.290. The molecule has 0 spiro atoms. The summed E-state index contributed by atoms with van der Waals surface area (Å²) in [5.74, 6) is -1.16. The summed E-state index contributed by atoms with van der Waals surface area (Å²) in [6.07, 6.45) is -4.02. The normalized spacial score (nSPS) is 32.0. The van der Waals surface area contributed by atoms with Crippen molar-refractivity contribution in [2.24, 2.45) is 11.2 Å². The topological polar surface area (TPSA) is 196 Å². The molecule has 2 rings (SSSR count). The van der Waals surface area contributed by atoms with E-state index in [1.54, 1.807) is 0 Å². The van der Waals surface area contributed by atoms with Crippen LogP contribution >= 0.6 is 7.75 Å². The van der Waals surface area contributed by atoms with Crippen LogP contribution in [0.5, 0.6) is 0 Å². The van der Waals surface area contributed by atoms with Crippen LogP contribution in [0.25, 0.3) is 0 Å². The number of ether oxygens (including phenoxy) is 1. The van der Waals surface area contributed by atoms with Crippen molar-refractivity contribution >= 4 is 13.7 Å². The van der Waals surface area contributed by atoms with Crippen LogP contribution in [-0.4, -0.2) is 60.7 Å². The summed E-state index contributed by atoms with van der Waals surface area (Å²) in [4.78, 5) is 23.3. The second-order valence-electron chi connectivity index (χ2n) is 4.32. The molecular formula is C8H14N5O7P. The molecule has 1 aliphatic heterocycles. The summed E-state index contributed by atoms with van der Waals surface area (Å²) in [5, 5.41) is 23.3. The molecule has 21 heavy (non-hydrogen) atoms. The molecule has 1 fully saturated rings. The van der Waals surface area contributed by atoms with E-state index in [-0.39, 0.29) is 5.82 Å². The van der Waals surface area contributed by atoms with Gasteiger partial charge in [0.2, 0.25) is 5.82 Å². The molecule has 1 aromatic rings. The quantitative estimate of drug-likeness (QED) is 0.350. The van der Waals surface area contributed by atoms with E-state index in [1.807, 2.05) is 0 Å². The van der Waals surface area contributed by atoms with Crippen LogP contribution in [0.3, 0.4) is 0 Å². The molecule has 7 N–H and O–H groups in total. The average Bonchev–Trinajstić information content (AvgIpc) is 2.94. The van der Waals surface area contributed by atoms with Crippen LogP contribution in [0.15, 0.2) is 6.33 Å². The highest BCUT2D eigenvalue weighted by Crippen LogP contribution is 2.35. The molecule has 1 amide bonds. The third-order valence-electron chi connectivity index (χ3n) is 2.75. The highest BCUT2D eigenvalue weighted by molar-refractivity contribution is 7.50. The first-order valence-electron chi connectivity index (χ1n) is 5.67. The monoisotopic (exact) mass is 323 g/mol. The number of aliphatic hydroxyl groups excluding tert-OH is 2. The maximum atomic E-state index is 10.9. The molecule has 1 aromatic heterocycles. The van der Waals surface area contributed by atoms with Crippen molar-refractivity contribution in [3.8, 4) is 0 Å². The lowest BCUT2D eigenvalue weighted by molar-refractivity contribution is -0.0564. The zero-order valence-corrected chi connectivity index (χ0v) is 11.4. The van der Waals surface area contributed by atoms with E-state index in [2.05, 4.69) is 14.6 Å². The van der Waals surface area contributed by atoms with Crippen molar-refractivity contribution in [1.82, 2.24) is 14.8 Å². The zero-order chi connectivity index (χ0) is 15.8. The zero-order valence-electron chi connectivity index (χ0n) is 10.5. The van der Waals surface area contributed by atoms with Crippen LogP contribution < -0.4 is 11.2 Å². The van der Waals surface area contributed by atoms with Gasteiger partial charge in [-0.15, -0.1) is 5.10 Å². The first kappa shape index (κ1) is 16.0. The number of carbonyl (C=O) groups is 1. The number of hydrogen-bond acceptors (Lipinski definition) is 8. The van der Waals surface area contributed by atoms with E-state index in [1.165, 1.54) is 0 Å². The Hall–Kier alpha value is -1.40. The van der Waals surface area contributed by atoms with Gasteiger partial charge in [0.1, 0.15) is 24.6 Å². The summed E-state index contributed by atoms with van der Waals surface area (Å²) in [6.45, 7) is -0.517. The number of carbonyl (C=O) groups excluding carboxylic acids is 1. The number of primary amides is 1. The molecule has 12 nitrogen and oxygen atoms in total. The lowest BCUT2D eigenvalue weighted by Gasteiger charge is -2.15. The summed E-state index contributed by atoms with van der Waals surface area (Å²) >= 11 is 0. The maximum Gasteiger partial charge on any atom is 0.400 e. The molecule has 1 unspecified atom stereocenters. The molecule has 5 atom stereocenters. The summed E-state index contributed by atoms with van der Waals surface area (Å²) in [5.41, 5.74) is 9.77. The molecule has 0 aromatic carbocycles. The van der Waals surface area contributed by atoms with Crippen molar-refractivity contribution in [3.05, 3.63) is 12.2 Å². The predicted octanol–water partition coefficient (Wildman–Crippen LogP) is -2.93. The third kappa shape index (κ3) is 3.63. The number of nitrogens with two attached hydrogens (primary N) is 2. The number of aliphatic hydroxyl groups is 2. The Balaban J connectivity index is 2.08. The van der Waals surface area contributed by atoms with Gasteiger partial charge >= 0.3 is 7.75 Å². The Bertz CT molecular complexity index is 573. The van der Waals surface area contributed by atoms with Gasteiger partial charge in [-0.25, -0.2) is 19.7 Å². The highest BCUT2D eigenvalue weighted by atomic mass is 31.2. The van der Waals surface area contributed by atoms with Crippen LogP contribution in [0.1, 0.15) is 16.8 Å². The number of rotatable bonds is 5. The molecule has 0 bridgehead atoms. The molecule has 0 saturated carbocycles. The van der Waals surface area contributed by atoms with E-state index >= 15 is 0 Å². The number of hydrogen-bond donors (Lipinski definition) is 5. The van der Waals surface area contributed by atoms with Crippen molar-refractivity contribution in [2.75, 3.05) is 6.61 Å². The van der Waals surface area contributed by atoms with Gasteiger partial charge in [-0.2, -0.15) is 0 Å². The fraction of sp³-hybridized carbons (Fsp3) is 0.625. The lowest BCUT2D eigenvalue weighted by Crippen LogP contribution is -2.34. The molecular weight excluding hydrogens is 309 g/mol. The van der Waals surface area contributed by atoms with E-state index < -0.39 is 44.8 Å².